The van der Waals surface area contributed by atoms with Gasteiger partial charge in [0.05, 0.1) is 23.7 Å². The molecule has 0 saturated heterocycles. The highest BCUT2D eigenvalue weighted by Crippen LogP contribution is 2.34. The molecule has 0 aliphatic carbocycles. The molecule has 2 N–H and O–H groups in total. The zero-order valence-corrected chi connectivity index (χ0v) is 23.3. The van der Waals surface area contributed by atoms with Crippen molar-refractivity contribution in [1.29, 1.82) is 0 Å². The first-order valence-corrected chi connectivity index (χ1v) is 14.5. The van der Waals surface area contributed by atoms with Crippen LogP contribution < -0.4 is 10.0 Å². The van der Waals surface area contributed by atoms with Gasteiger partial charge in [-0.1, -0.05) is 37.3 Å². The Balaban J connectivity index is 1.80. The maximum absolute atomic E-state index is 13.2. The van der Waals surface area contributed by atoms with E-state index in [0.29, 0.717) is 6.42 Å². The Morgan fingerprint density at radius 3 is 2.26 bits per heavy atom. The number of rotatable bonds is 12. The molecule has 0 fully saturated rings. The molecule has 12 heteroatoms. The lowest BCUT2D eigenvalue weighted by Gasteiger charge is -2.17. The summed E-state index contributed by atoms with van der Waals surface area (Å²) in [4.78, 5) is 38.6. The Kier molecular flexibility index (Phi) is 10.3. The first-order valence-electron chi connectivity index (χ1n) is 12.2. The van der Waals surface area contributed by atoms with Crippen molar-refractivity contribution < 1.29 is 36.7 Å². The van der Waals surface area contributed by atoms with Crippen LogP contribution in [-0.4, -0.2) is 45.5 Å². The van der Waals surface area contributed by atoms with Crippen molar-refractivity contribution in [2.45, 2.75) is 44.6 Å². The number of halogens is 1. The van der Waals surface area contributed by atoms with Gasteiger partial charge in [-0.3, -0.25) is 4.79 Å². The van der Waals surface area contributed by atoms with E-state index in [1.54, 1.807) is 20.8 Å². The second-order valence-electron chi connectivity index (χ2n) is 8.38. The molecule has 0 aliphatic rings. The summed E-state index contributed by atoms with van der Waals surface area (Å²) in [6.45, 7) is 4.93. The van der Waals surface area contributed by atoms with E-state index in [2.05, 4.69) is 10.0 Å². The number of carbonyl (C=O) groups excluding carboxylic acids is 3. The molecule has 1 heterocycles. The fourth-order valence-electron chi connectivity index (χ4n) is 3.61. The van der Waals surface area contributed by atoms with Crippen LogP contribution in [0.5, 0.6) is 0 Å². The van der Waals surface area contributed by atoms with E-state index in [-0.39, 0.29) is 45.5 Å². The Morgan fingerprint density at radius 1 is 0.974 bits per heavy atom. The minimum Gasteiger partial charge on any atom is -0.462 e. The average Bonchev–Trinajstić information content (AvgIpc) is 3.23. The third kappa shape index (κ3) is 7.71. The van der Waals surface area contributed by atoms with Gasteiger partial charge >= 0.3 is 11.9 Å². The second kappa shape index (κ2) is 13.5. The van der Waals surface area contributed by atoms with E-state index in [1.165, 1.54) is 0 Å². The molecule has 9 nitrogen and oxygen atoms in total. The van der Waals surface area contributed by atoms with Crippen LogP contribution in [0.25, 0.3) is 0 Å². The molecule has 0 saturated carbocycles. The number of benzene rings is 2. The highest BCUT2D eigenvalue weighted by molar-refractivity contribution is 7.89. The Morgan fingerprint density at radius 2 is 1.64 bits per heavy atom. The lowest BCUT2D eigenvalue weighted by atomic mass is 10.1. The fraction of sp³-hybridized carbons (Fsp3) is 0.296. The summed E-state index contributed by atoms with van der Waals surface area (Å²) >= 11 is 0.841. The van der Waals surface area contributed by atoms with Crippen LogP contribution in [0, 0.1) is 12.7 Å². The van der Waals surface area contributed by atoms with Gasteiger partial charge in [0.2, 0.25) is 15.9 Å². The Labute approximate surface area is 230 Å². The summed E-state index contributed by atoms with van der Waals surface area (Å²) in [7, 11) is -4.15. The van der Waals surface area contributed by atoms with E-state index >= 15 is 0 Å². The molecule has 3 rings (SSSR count). The smallest absolute Gasteiger partial charge is 0.348 e. The molecule has 1 aromatic heterocycles. The predicted molar refractivity (Wildman–Crippen MR) is 145 cm³/mol. The number of nitrogens with one attached hydrogen (secondary N) is 2. The summed E-state index contributed by atoms with van der Waals surface area (Å²) in [5.74, 6) is -2.76. The monoisotopic (exact) mass is 576 g/mol. The topological polar surface area (TPSA) is 128 Å². The number of hydrogen-bond donors (Lipinski definition) is 2. The van der Waals surface area contributed by atoms with E-state index < -0.39 is 39.7 Å². The quantitative estimate of drug-likeness (QED) is 0.305. The maximum Gasteiger partial charge on any atom is 0.348 e. The number of ether oxygens (including phenoxy) is 2. The van der Waals surface area contributed by atoms with Gasteiger partial charge in [0.1, 0.15) is 21.7 Å². The van der Waals surface area contributed by atoms with Gasteiger partial charge in [0.25, 0.3) is 0 Å². The Hall–Kier alpha value is -3.61. The third-order valence-electron chi connectivity index (χ3n) is 5.66. The van der Waals surface area contributed by atoms with Crippen molar-refractivity contribution in [3.63, 3.8) is 0 Å². The van der Waals surface area contributed by atoms with Gasteiger partial charge in [0, 0.05) is 6.42 Å². The van der Waals surface area contributed by atoms with Gasteiger partial charge in [0.15, 0.2) is 0 Å². The minimum atomic E-state index is -4.15. The summed E-state index contributed by atoms with van der Waals surface area (Å²) in [6.07, 6.45) is 0.567. The standard InChI is InChI=1S/C27H29FN2O7S2/c1-4-21(30-39(34,35)20-13-11-19(28)12-14-20)24(31)29-25-22(26(32)36-5-2)17(3)23(38-25)27(33)37-16-15-18-9-7-6-8-10-18/h6-14,21,30H,4-5,15-16H2,1-3H3,(H,29,31). The summed E-state index contributed by atoms with van der Waals surface area (Å²) < 4.78 is 51.5. The number of carbonyl (C=O) groups is 3. The molecular formula is C27H29FN2O7S2. The molecule has 1 amide bonds. The van der Waals surface area contributed by atoms with Crippen molar-refractivity contribution >= 4 is 44.2 Å². The molecule has 0 aliphatic heterocycles. The van der Waals surface area contributed by atoms with E-state index in [1.807, 2.05) is 30.3 Å². The molecule has 3 aromatic rings. The fourth-order valence-corrected chi connectivity index (χ4v) is 5.98. The molecule has 1 atom stereocenters. The third-order valence-corrected chi connectivity index (χ3v) is 8.34. The normalized spacial score (nSPS) is 12.0. The molecule has 2 aromatic carbocycles. The zero-order chi connectivity index (χ0) is 28.6. The molecule has 39 heavy (non-hydrogen) atoms. The minimum absolute atomic E-state index is 0.0125. The molecule has 1 unspecified atom stereocenters. The van der Waals surface area contributed by atoms with Gasteiger partial charge in [-0.05, 0) is 55.7 Å². The van der Waals surface area contributed by atoms with Crippen molar-refractivity contribution in [2.75, 3.05) is 18.5 Å². The van der Waals surface area contributed by atoms with Crippen LogP contribution in [0.2, 0.25) is 0 Å². The summed E-state index contributed by atoms with van der Waals surface area (Å²) in [6, 6.07) is 12.4. The highest BCUT2D eigenvalue weighted by atomic mass is 32.2. The van der Waals surface area contributed by atoms with E-state index in [9.17, 15) is 27.2 Å². The average molecular weight is 577 g/mol. The zero-order valence-electron chi connectivity index (χ0n) is 21.7. The van der Waals surface area contributed by atoms with Crippen LogP contribution in [0.1, 0.15) is 51.4 Å². The highest BCUT2D eigenvalue weighted by Gasteiger charge is 2.30. The van der Waals surface area contributed by atoms with E-state index in [4.69, 9.17) is 9.47 Å². The van der Waals surface area contributed by atoms with Crippen LogP contribution in [0.15, 0.2) is 59.5 Å². The number of thiophene rings is 1. The molecule has 0 radical (unpaired) electrons. The number of sulfonamides is 1. The second-order valence-corrected chi connectivity index (χ2v) is 11.1. The van der Waals surface area contributed by atoms with Crippen molar-refractivity contribution in [3.05, 3.63) is 82.0 Å². The maximum atomic E-state index is 13.2. The van der Waals surface area contributed by atoms with Crippen LogP contribution in [0.3, 0.4) is 0 Å². The Bertz CT molecular complexity index is 1420. The number of hydrogen-bond acceptors (Lipinski definition) is 8. The van der Waals surface area contributed by atoms with Gasteiger partial charge in [-0.2, -0.15) is 4.72 Å². The first kappa shape index (κ1) is 29.9. The molecular weight excluding hydrogens is 547 g/mol. The summed E-state index contributed by atoms with van der Waals surface area (Å²) in [5, 5.41) is 2.60. The molecule has 208 valence electrons. The van der Waals surface area contributed by atoms with Crippen molar-refractivity contribution in [1.82, 2.24) is 4.72 Å². The van der Waals surface area contributed by atoms with Gasteiger partial charge in [-0.25, -0.2) is 22.4 Å². The van der Waals surface area contributed by atoms with Crippen LogP contribution >= 0.6 is 11.3 Å². The van der Waals surface area contributed by atoms with Crippen LogP contribution in [-0.2, 0) is 30.7 Å². The van der Waals surface area contributed by atoms with Crippen molar-refractivity contribution in [2.24, 2.45) is 0 Å². The van der Waals surface area contributed by atoms with Crippen LogP contribution in [0.4, 0.5) is 9.39 Å². The lowest BCUT2D eigenvalue weighted by molar-refractivity contribution is -0.117. The predicted octanol–water partition coefficient (Wildman–Crippen LogP) is 4.47. The number of anilines is 1. The van der Waals surface area contributed by atoms with E-state index in [0.717, 1.165) is 41.2 Å². The SMILES string of the molecule is CCOC(=O)c1c(NC(=O)C(CC)NS(=O)(=O)c2ccc(F)cc2)sc(C(=O)OCCc2ccccc2)c1C. The van der Waals surface area contributed by atoms with Crippen molar-refractivity contribution in [3.8, 4) is 0 Å². The molecule has 0 bridgehead atoms. The lowest BCUT2D eigenvalue weighted by Crippen LogP contribution is -2.43. The van der Waals surface area contributed by atoms with Gasteiger partial charge in [-0.15, -0.1) is 11.3 Å². The number of amides is 1. The van der Waals surface area contributed by atoms with Gasteiger partial charge < -0.3 is 14.8 Å². The first-order chi connectivity index (χ1) is 18.6. The summed E-state index contributed by atoms with van der Waals surface area (Å²) in [5.41, 5.74) is 1.25. The largest absolute Gasteiger partial charge is 0.462 e. The number of esters is 2. The molecule has 0 spiro atoms.